The van der Waals surface area contributed by atoms with Crippen LogP contribution in [-0.2, 0) is 10.9 Å². The maximum atomic E-state index is 12.6. The zero-order valence-corrected chi connectivity index (χ0v) is 12.2. The highest BCUT2D eigenvalue weighted by atomic mass is 19.4. The van der Waals surface area contributed by atoms with Gasteiger partial charge in [-0.1, -0.05) is 0 Å². The van der Waals surface area contributed by atoms with Crippen molar-refractivity contribution in [1.29, 1.82) is 0 Å². The number of ether oxygens (including phenoxy) is 2. The fraction of sp³-hybridized carbons (Fsp3) is 0.133. The highest BCUT2D eigenvalue weighted by Gasteiger charge is 2.33. The molecule has 0 spiro atoms. The molecule has 2 aromatic carbocycles. The number of rotatable bonds is 4. The third kappa shape index (κ3) is 3.80. The van der Waals surface area contributed by atoms with Gasteiger partial charge in [-0.05, 0) is 36.4 Å². The first-order valence-corrected chi connectivity index (χ1v) is 6.44. The molecule has 0 aliphatic heterocycles. The number of esters is 1. The summed E-state index contributed by atoms with van der Waals surface area (Å²) in [5.41, 5.74) is -1.74. The smallest absolute Gasteiger partial charge is 0.416 e. The lowest BCUT2D eigenvalue weighted by Crippen LogP contribution is -2.06. The van der Waals surface area contributed by atoms with Crippen LogP contribution in [0.4, 0.5) is 18.9 Å². The average molecular weight is 341 g/mol. The van der Waals surface area contributed by atoms with Gasteiger partial charge in [0.05, 0.1) is 23.2 Å². The first-order valence-electron chi connectivity index (χ1n) is 6.44. The van der Waals surface area contributed by atoms with E-state index in [2.05, 4.69) is 4.74 Å². The second kappa shape index (κ2) is 6.57. The Morgan fingerprint density at radius 3 is 2.25 bits per heavy atom. The van der Waals surface area contributed by atoms with Gasteiger partial charge in [0.2, 0.25) is 5.75 Å². The van der Waals surface area contributed by atoms with Crippen LogP contribution >= 0.6 is 0 Å². The number of nitro groups is 1. The van der Waals surface area contributed by atoms with Crippen molar-refractivity contribution in [2.45, 2.75) is 6.18 Å². The van der Waals surface area contributed by atoms with Crippen LogP contribution in [0.3, 0.4) is 0 Å². The number of methoxy groups -OCH3 is 1. The normalized spacial score (nSPS) is 11.0. The molecule has 2 aromatic rings. The van der Waals surface area contributed by atoms with Gasteiger partial charge >= 0.3 is 17.8 Å². The number of nitro benzene ring substituents is 1. The predicted molar refractivity (Wildman–Crippen MR) is 76.0 cm³/mol. The van der Waals surface area contributed by atoms with Crippen LogP contribution in [0.1, 0.15) is 15.9 Å². The largest absolute Gasteiger partial charge is 0.465 e. The van der Waals surface area contributed by atoms with Gasteiger partial charge in [-0.25, -0.2) is 4.79 Å². The monoisotopic (exact) mass is 341 g/mol. The quantitative estimate of drug-likeness (QED) is 0.473. The van der Waals surface area contributed by atoms with E-state index in [-0.39, 0.29) is 17.1 Å². The molecule has 0 bridgehead atoms. The van der Waals surface area contributed by atoms with Crippen molar-refractivity contribution in [3.63, 3.8) is 0 Å². The zero-order chi connectivity index (χ0) is 17.9. The molecule has 0 heterocycles. The molecule has 0 aliphatic rings. The summed E-state index contributed by atoms with van der Waals surface area (Å²) in [6, 6.07) is 7.36. The van der Waals surface area contributed by atoms with Gasteiger partial charge in [0.1, 0.15) is 5.75 Å². The van der Waals surface area contributed by atoms with Gasteiger partial charge in [0.15, 0.2) is 0 Å². The maximum absolute atomic E-state index is 12.6. The highest BCUT2D eigenvalue weighted by molar-refractivity contribution is 5.89. The number of nitrogens with zero attached hydrogens (tertiary/aromatic N) is 1. The molecular weight excluding hydrogens is 331 g/mol. The van der Waals surface area contributed by atoms with Crippen LogP contribution in [0.15, 0.2) is 42.5 Å². The number of benzene rings is 2. The molecular formula is C15H10F3NO5. The van der Waals surface area contributed by atoms with Gasteiger partial charge in [-0.3, -0.25) is 10.1 Å². The Kier molecular flexibility index (Phi) is 4.72. The first kappa shape index (κ1) is 17.3. The van der Waals surface area contributed by atoms with E-state index in [1.54, 1.807) is 0 Å². The number of hydrogen-bond acceptors (Lipinski definition) is 5. The Labute approximate surface area is 133 Å². The van der Waals surface area contributed by atoms with E-state index >= 15 is 0 Å². The maximum Gasteiger partial charge on any atom is 0.416 e. The van der Waals surface area contributed by atoms with Crippen molar-refractivity contribution in [3.8, 4) is 11.5 Å². The molecule has 0 aliphatic carbocycles. The third-order valence-electron chi connectivity index (χ3n) is 2.99. The first-order chi connectivity index (χ1) is 11.2. The van der Waals surface area contributed by atoms with Crippen LogP contribution in [0, 0.1) is 10.1 Å². The van der Waals surface area contributed by atoms with Crippen molar-refractivity contribution < 1.29 is 32.4 Å². The summed E-state index contributed by atoms with van der Waals surface area (Å²) in [6.45, 7) is 0. The molecule has 0 aromatic heterocycles. The van der Waals surface area contributed by atoms with Crippen LogP contribution in [0.5, 0.6) is 11.5 Å². The minimum atomic E-state index is -4.70. The second-order valence-corrected chi connectivity index (χ2v) is 4.56. The van der Waals surface area contributed by atoms with Crippen LogP contribution < -0.4 is 4.74 Å². The Hall–Kier alpha value is -3.10. The third-order valence-corrected chi connectivity index (χ3v) is 2.99. The SMILES string of the molecule is COC(=O)c1ccc(Oc2ccc(C(F)(F)F)cc2[N+](=O)[O-])cc1. The molecule has 0 radical (unpaired) electrons. The molecule has 0 amide bonds. The Morgan fingerprint density at radius 2 is 1.75 bits per heavy atom. The summed E-state index contributed by atoms with van der Waals surface area (Å²) in [7, 11) is 1.21. The van der Waals surface area contributed by atoms with Crippen molar-refractivity contribution >= 4 is 11.7 Å². The van der Waals surface area contributed by atoms with Gasteiger partial charge < -0.3 is 9.47 Å². The van der Waals surface area contributed by atoms with E-state index in [0.717, 1.165) is 6.07 Å². The van der Waals surface area contributed by atoms with E-state index < -0.39 is 28.3 Å². The summed E-state index contributed by atoms with van der Waals surface area (Å²) >= 11 is 0. The summed E-state index contributed by atoms with van der Waals surface area (Å²) in [4.78, 5) is 21.3. The minimum Gasteiger partial charge on any atom is -0.465 e. The summed E-state index contributed by atoms with van der Waals surface area (Å²) in [5.74, 6) is -0.814. The Bertz CT molecular complexity index is 772. The Balaban J connectivity index is 2.32. The molecule has 0 unspecified atom stereocenters. The van der Waals surface area contributed by atoms with Crippen molar-refractivity contribution in [1.82, 2.24) is 0 Å². The van der Waals surface area contributed by atoms with Crippen LogP contribution in [-0.4, -0.2) is 18.0 Å². The fourth-order valence-corrected chi connectivity index (χ4v) is 1.83. The molecule has 0 fully saturated rings. The lowest BCUT2D eigenvalue weighted by Gasteiger charge is -2.10. The van der Waals surface area contributed by atoms with Gasteiger partial charge in [0.25, 0.3) is 0 Å². The number of alkyl halides is 3. The zero-order valence-electron chi connectivity index (χ0n) is 12.2. The van der Waals surface area contributed by atoms with Crippen LogP contribution in [0.25, 0.3) is 0 Å². The van der Waals surface area contributed by atoms with Gasteiger partial charge in [0, 0.05) is 6.07 Å². The highest BCUT2D eigenvalue weighted by Crippen LogP contribution is 2.37. The number of hydrogen-bond donors (Lipinski definition) is 0. The number of carbonyl (C=O) groups is 1. The van der Waals surface area contributed by atoms with Crippen molar-refractivity contribution in [2.24, 2.45) is 0 Å². The Morgan fingerprint density at radius 1 is 1.12 bits per heavy atom. The summed E-state index contributed by atoms with van der Waals surface area (Å²) < 4.78 is 47.7. The summed E-state index contributed by atoms with van der Waals surface area (Å²) in [5, 5.41) is 11.0. The molecule has 2 rings (SSSR count). The lowest BCUT2D eigenvalue weighted by molar-refractivity contribution is -0.385. The average Bonchev–Trinajstić information content (AvgIpc) is 2.54. The van der Waals surface area contributed by atoms with E-state index in [0.29, 0.717) is 12.1 Å². The molecule has 6 nitrogen and oxygen atoms in total. The summed E-state index contributed by atoms with van der Waals surface area (Å²) in [6.07, 6.45) is -4.70. The molecule has 0 saturated heterocycles. The van der Waals surface area contributed by atoms with E-state index in [1.807, 2.05) is 0 Å². The molecule has 126 valence electrons. The van der Waals surface area contributed by atoms with E-state index in [1.165, 1.54) is 31.4 Å². The molecule has 0 atom stereocenters. The van der Waals surface area contributed by atoms with E-state index in [4.69, 9.17) is 4.74 Å². The number of carbonyl (C=O) groups excluding carboxylic acids is 1. The molecule has 0 N–H and O–H groups in total. The number of halogens is 3. The standard InChI is InChI=1S/C15H10F3NO5/c1-23-14(20)9-2-5-11(6-3-9)24-13-7-4-10(15(16,17)18)8-12(13)19(21)22/h2-8H,1H3. The van der Waals surface area contributed by atoms with Crippen molar-refractivity contribution in [3.05, 3.63) is 63.7 Å². The predicted octanol–water partition coefficient (Wildman–Crippen LogP) is 4.19. The molecule has 0 saturated carbocycles. The van der Waals surface area contributed by atoms with Gasteiger partial charge in [-0.2, -0.15) is 13.2 Å². The second-order valence-electron chi connectivity index (χ2n) is 4.56. The minimum absolute atomic E-state index is 0.116. The van der Waals surface area contributed by atoms with Gasteiger partial charge in [-0.15, -0.1) is 0 Å². The van der Waals surface area contributed by atoms with Crippen molar-refractivity contribution in [2.75, 3.05) is 7.11 Å². The molecule has 9 heteroatoms. The molecule has 24 heavy (non-hydrogen) atoms. The van der Waals surface area contributed by atoms with E-state index in [9.17, 15) is 28.1 Å². The fourth-order valence-electron chi connectivity index (χ4n) is 1.83. The lowest BCUT2D eigenvalue weighted by atomic mass is 10.2. The topological polar surface area (TPSA) is 78.7 Å². The van der Waals surface area contributed by atoms with Crippen LogP contribution in [0.2, 0.25) is 0 Å².